The fraction of sp³-hybridized carbons (Fsp3) is 1.00. The predicted molar refractivity (Wildman–Crippen MR) is 66.1 cm³/mol. The molecule has 0 saturated carbocycles. The molecule has 0 saturated heterocycles. The van der Waals surface area contributed by atoms with Crippen LogP contribution in [0.25, 0.3) is 0 Å². The lowest BCUT2D eigenvalue weighted by Gasteiger charge is -2.27. The van der Waals surface area contributed by atoms with Gasteiger partial charge in [0.25, 0.3) is 0 Å². The van der Waals surface area contributed by atoms with E-state index in [1.807, 2.05) is 0 Å². The minimum absolute atomic E-state index is 0.697. The van der Waals surface area contributed by atoms with Crippen molar-refractivity contribution in [2.45, 2.75) is 52.5 Å². The van der Waals surface area contributed by atoms with E-state index in [9.17, 15) is 0 Å². The number of hydrogen-bond donors (Lipinski definition) is 0. The van der Waals surface area contributed by atoms with Gasteiger partial charge in [-0.05, 0) is 39.3 Å². The summed E-state index contributed by atoms with van der Waals surface area (Å²) in [5.74, 6) is 1.57. The number of nitrogens with zero attached hydrogens (tertiary/aromatic N) is 1. The van der Waals surface area contributed by atoms with Crippen molar-refractivity contribution in [1.29, 1.82) is 0 Å². The Morgan fingerprint density at radius 1 is 1.00 bits per heavy atom. The molecule has 0 aromatic heterocycles. The van der Waals surface area contributed by atoms with Gasteiger partial charge in [-0.25, -0.2) is 0 Å². The van der Waals surface area contributed by atoms with Gasteiger partial charge in [0.05, 0.1) is 0 Å². The summed E-state index contributed by atoms with van der Waals surface area (Å²) in [7, 11) is 2.23. The number of unbranched alkanes of at least 4 members (excludes halogenated alkanes) is 3. The molecule has 0 fully saturated rings. The standard InChI is InChI=1S/C12H26ClN/c1-11(2)12(3)14(4)10-8-6-5-7-9-13/h11-12H,5-10H2,1-4H3. The molecule has 0 aliphatic heterocycles. The van der Waals surface area contributed by atoms with Crippen LogP contribution in [-0.4, -0.2) is 30.4 Å². The fourth-order valence-corrected chi connectivity index (χ4v) is 1.71. The molecule has 0 bridgehead atoms. The molecule has 0 spiro atoms. The fourth-order valence-electron chi connectivity index (χ4n) is 1.52. The van der Waals surface area contributed by atoms with Gasteiger partial charge in [0.1, 0.15) is 0 Å². The summed E-state index contributed by atoms with van der Waals surface area (Å²) >= 11 is 5.62. The average Bonchev–Trinajstić information content (AvgIpc) is 2.16. The molecule has 0 aliphatic rings. The molecule has 0 aliphatic carbocycles. The lowest BCUT2D eigenvalue weighted by molar-refractivity contribution is 0.204. The molecule has 0 aromatic rings. The van der Waals surface area contributed by atoms with Crippen molar-refractivity contribution in [2.75, 3.05) is 19.5 Å². The van der Waals surface area contributed by atoms with Gasteiger partial charge in [0.2, 0.25) is 0 Å². The van der Waals surface area contributed by atoms with Crippen LogP contribution in [-0.2, 0) is 0 Å². The predicted octanol–water partition coefficient (Wildman–Crippen LogP) is 3.76. The zero-order valence-electron chi connectivity index (χ0n) is 10.2. The van der Waals surface area contributed by atoms with Crippen LogP contribution in [0.15, 0.2) is 0 Å². The maximum absolute atomic E-state index is 5.62. The van der Waals surface area contributed by atoms with E-state index < -0.39 is 0 Å². The molecule has 1 atom stereocenters. The first-order chi connectivity index (χ1) is 6.59. The average molecular weight is 220 g/mol. The van der Waals surface area contributed by atoms with E-state index >= 15 is 0 Å². The van der Waals surface area contributed by atoms with E-state index in [-0.39, 0.29) is 0 Å². The second-order valence-corrected chi connectivity index (χ2v) is 4.95. The van der Waals surface area contributed by atoms with Gasteiger partial charge < -0.3 is 4.90 Å². The molecular weight excluding hydrogens is 194 g/mol. The summed E-state index contributed by atoms with van der Waals surface area (Å²) in [6.07, 6.45) is 5.09. The Labute approximate surface area is 94.8 Å². The van der Waals surface area contributed by atoms with Crippen molar-refractivity contribution in [2.24, 2.45) is 5.92 Å². The van der Waals surface area contributed by atoms with Crippen molar-refractivity contribution in [1.82, 2.24) is 4.90 Å². The first kappa shape index (κ1) is 14.2. The maximum atomic E-state index is 5.62. The summed E-state index contributed by atoms with van der Waals surface area (Å²) < 4.78 is 0. The Hall–Kier alpha value is 0.250. The Kier molecular flexibility index (Phi) is 8.70. The lowest BCUT2D eigenvalue weighted by atomic mass is 10.0. The minimum Gasteiger partial charge on any atom is -0.303 e. The molecule has 0 N–H and O–H groups in total. The summed E-state index contributed by atoms with van der Waals surface area (Å²) in [5.41, 5.74) is 0. The molecule has 0 heterocycles. The SMILES string of the molecule is CC(C)C(C)N(C)CCCCCCCl. The number of hydrogen-bond acceptors (Lipinski definition) is 1. The largest absolute Gasteiger partial charge is 0.303 e. The highest BCUT2D eigenvalue weighted by atomic mass is 35.5. The molecule has 2 heteroatoms. The molecule has 0 rings (SSSR count). The normalized spacial score (nSPS) is 13.9. The Balaban J connectivity index is 3.39. The molecular formula is C12H26ClN. The van der Waals surface area contributed by atoms with Crippen LogP contribution in [0.1, 0.15) is 46.5 Å². The van der Waals surface area contributed by atoms with Gasteiger partial charge in [-0.3, -0.25) is 0 Å². The van der Waals surface area contributed by atoms with E-state index in [2.05, 4.69) is 32.7 Å². The quantitative estimate of drug-likeness (QED) is 0.444. The molecule has 0 aromatic carbocycles. The zero-order chi connectivity index (χ0) is 11.0. The van der Waals surface area contributed by atoms with Crippen molar-refractivity contribution in [3.63, 3.8) is 0 Å². The van der Waals surface area contributed by atoms with Gasteiger partial charge >= 0.3 is 0 Å². The van der Waals surface area contributed by atoms with Crippen LogP contribution in [0.2, 0.25) is 0 Å². The molecule has 0 radical (unpaired) electrons. The van der Waals surface area contributed by atoms with Crippen molar-refractivity contribution in [3.8, 4) is 0 Å². The van der Waals surface area contributed by atoms with Gasteiger partial charge in [0.15, 0.2) is 0 Å². The molecule has 86 valence electrons. The highest BCUT2D eigenvalue weighted by molar-refractivity contribution is 6.17. The highest BCUT2D eigenvalue weighted by Crippen LogP contribution is 2.09. The minimum atomic E-state index is 0.697. The molecule has 14 heavy (non-hydrogen) atoms. The topological polar surface area (TPSA) is 3.24 Å². The van der Waals surface area contributed by atoms with Crippen LogP contribution in [0.5, 0.6) is 0 Å². The summed E-state index contributed by atoms with van der Waals surface area (Å²) in [6.45, 7) is 8.11. The lowest BCUT2D eigenvalue weighted by Crippen LogP contribution is -2.33. The molecule has 0 amide bonds. The van der Waals surface area contributed by atoms with E-state index in [0.717, 1.165) is 11.8 Å². The van der Waals surface area contributed by atoms with Crippen molar-refractivity contribution < 1.29 is 0 Å². The van der Waals surface area contributed by atoms with E-state index in [4.69, 9.17) is 11.6 Å². The van der Waals surface area contributed by atoms with Crippen molar-refractivity contribution >= 4 is 11.6 Å². The molecule has 1 nitrogen and oxygen atoms in total. The second-order valence-electron chi connectivity index (χ2n) is 4.57. The number of alkyl halides is 1. The van der Waals surface area contributed by atoms with Gasteiger partial charge in [-0.15, -0.1) is 11.6 Å². The maximum Gasteiger partial charge on any atom is 0.0223 e. The third-order valence-corrected chi connectivity index (χ3v) is 3.32. The summed E-state index contributed by atoms with van der Waals surface area (Å²) in [6, 6.07) is 0.697. The Morgan fingerprint density at radius 2 is 1.57 bits per heavy atom. The van der Waals surface area contributed by atoms with Gasteiger partial charge in [-0.2, -0.15) is 0 Å². The van der Waals surface area contributed by atoms with Crippen LogP contribution >= 0.6 is 11.6 Å². The second kappa shape index (κ2) is 8.55. The molecule has 1 unspecified atom stereocenters. The van der Waals surface area contributed by atoms with E-state index in [1.165, 1.54) is 32.2 Å². The smallest absolute Gasteiger partial charge is 0.0223 e. The van der Waals surface area contributed by atoms with Gasteiger partial charge in [0, 0.05) is 11.9 Å². The van der Waals surface area contributed by atoms with Crippen molar-refractivity contribution in [3.05, 3.63) is 0 Å². The third-order valence-electron chi connectivity index (χ3n) is 3.05. The first-order valence-corrected chi connectivity index (χ1v) is 6.39. The zero-order valence-corrected chi connectivity index (χ0v) is 11.0. The van der Waals surface area contributed by atoms with E-state index in [1.54, 1.807) is 0 Å². The Morgan fingerprint density at radius 3 is 2.07 bits per heavy atom. The van der Waals surface area contributed by atoms with Crippen LogP contribution in [0.4, 0.5) is 0 Å². The van der Waals surface area contributed by atoms with Crippen LogP contribution in [0, 0.1) is 5.92 Å². The Bertz CT molecular complexity index is 125. The third kappa shape index (κ3) is 6.67. The van der Waals surface area contributed by atoms with E-state index in [0.29, 0.717) is 6.04 Å². The first-order valence-electron chi connectivity index (χ1n) is 5.85. The number of halogens is 1. The van der Waals surface area contributed by atoms with Crippen LogP contribution < -0.4 is 0 Å². The number of rotatable bonds is 8. The van der Waals surface area contributed by atoms with Crippen LogP contribution in [0.3, 0.4) is 0 Å². The highest BCUT2D eigenvalue weighted by Gasteiger charge is 2.11. The van der Waals surface area contributed by atoms with Gasteiger partial charge in [-0.1, -0.05) is 26.7 Å². The summed E-state index contributed by atoms with van der Waals surface area (Å²) in [4.78, 5) is 2.46. The summed E-state index contributed by atoms with van der Waals surface area (Å²) in [5, 5.41) is 0. The monoisotopic (exact) mass is 219 g/mol.